The molecule has 0 amide bonds. The van der Waals surface area contributed by atoms with Crippen molar-refractivity contribution in [3.63, 3.8) is 0 Å². The second-order valence-electron chi connectivity index (χ2n) is 3.93. The maximum atomic E-state index is 12.6. The molecule has 1 aliphatic rings. The lowest BCUT2D eigenvalue weighted by atomic mass is 9.96. The van der Waals surface area contributed by atoms with Gasteiger partial charge in [-0.3, -0.25) is 0 Å². The number of benzene rings is 1. The summed E-state index contributed by atoms with van der Waals surface area (Å²) in [5.41, 5.74) is 6.93. The summed E-state index contributed by atoms with van der Waals surface area (Å²) in [7, 11) is 0. The van der Waals surface area contributed by atoms with E-state index in [1.54, 1.807) is 6.92 Å². The SMILES string of the molecule is CC1=C(CN)COc2ccc(C(F)(F)F)cc21. The molecule has 92 valence electrons. The number of fused-ring (bicyclic) bond motifs is 1. The van der Waals surface area contributed by atoms with Crippen molar-refractivity contribution in [3.05, 3.63) is 34.9 Å². The molecule has 5 heteroatoms. The molecule has 0 spiro atoms. The zero-order valence-corrected chi connectivity index (χ0v) is 9.27. The average molecular weight is 243 g/mol. The van der Waals surface area contributed by atoms with E-state index in [1.165, 1.54) is 6.07 Å². The third kappa shape index (κ3) is 2.15. The molecule has 0 saturated heterocycles. The summed E-state index contributed by atoms with van der Waals surface area (Å²) >= 11 is 0. The van der Waals surface area contributed by atoms with Crippen molar-refractivity contribution in [2.75, 3.05) is 13.2 Å². The van der Waals surface area contributed by atoms with Crippen LogP contribution in [0.4, 0.5) is 13.2 Å². The molecular formula is C12H12F3NO. The van der Waals surface area contributed by atoms with Gasteiger partial charge in [0.1, 0.15) is 12.4 Å². The lowest BCUT2D eigenvalue weighted by molar-refractivity contribution is -0.137. The fraction of sp³-hybridized carbons (Fsp3) is 0.333. The largest absolute Gasteiger partial charge is 0.489 e. The van der Waals surface area contributed by atoms with Gasteiger partial charge in [0.05, 0.1) is 5.56 Å². The van der Waals surface area contributed by atoms with E-state index in [-0.39, 0.29) is 0 Å². The van der Waals surface area contributed by atoms with E-state index in [2.05, 4.69) is 0 Å². The summed E-state index contributed by atoms with van der Waals surface area (Å²) in [6.07, 6.45) is -4.34. The third-order valence-electron chi connectivity index (χ3n) is 2.89. The molecule has 0 atom stereocenters. The number of hydrogen-bond acceptors (Lipinski definition) is 2. The highest BCUT2D eigenvalue weighted by Gasteiger charge is 2.32. The third-order valence-corrected chi connectivity index (χ3v) is 2.89. The highest BCUT2D eigenvalue weighted by molar-refractivity contribution is 5.74. The van der Waals surface area contributed by atoms with E-state index in [4.69, 9.17) is 10.5 Å². The first kappa shape index (κ1) is 12.0. The lowest BCUT2D eigenvalue weighted by Crippen LogP contribution is -2.17. The van der Waals surface area contributed by atoms with Crippen molar-refractivity contribution in [3.8, 4) is 5.75 Å². The predicted octanol–water partition coefficient (Wildman–Crippen LogP) is 2.83. The Morgan fingerprint density at radius 2 is 2.06 bits per heavy atom. The van der Waals surface area contributed by atoms with Crippen LogP contribution in [0.2, 0.25) is 0 Å². The lowest BCUT2D eigenvalue weighted by Gasteiger charge is -2.22. The van der Waals surface area contributed by atoms with Crippen LogP contribution in [0, 0.1) is 0 Å². The molecule has 0 aliphatic carbocycles. The highest BCUT2D eigenvalue weighted by atomic mass is 19.4. The molecule has 0 fully saturated rings. The van der Waals surface area contributed by atoms with Crippen molar-refractivity contribution in [2.45, 2.75) is 13.1 Å². The number of halogens is 3. The van der Waals surface area contributed by atoms with Crippen molar-refractivity contribution in [1.82, 2.24) is 0 Å². The fourth-order valence-corrected chi connectivity index (χ4v) is 1.80. The summed E-state index contributed by atoms with van der Waals surface area (Å²) in [5, 5.41) is 0. The van der Waals surface area contributed by atoms with E-state index in [9.17, 15) is 13.2 Å². The minimum absolute atomic E-state index is 0.293. The van der Waals surface area contributed by atoms with E-state index >= 15 is 0 Å². The number of allylic oxidation sites excluding steroid dienone is 1. The number of rotatable bonds is 1. The molecule has 2 rings (SSSR count). The number of hydrogen-bond donors (Lipinski definition) is 1. The van der Waals surface area contributed by atoms with E-state index in [0.717, 1.165) is 23.3 Å². The zero-order valence-electron chi connectivity index (χ0n) is 9.27. The minimum Gasteiger partial charge on any atom is -0.489 e. The maximum Gasteiger partial charge on any atom is 0.416 e. The van der Waals surface area contributed by atoms with Crippen LogP contribution in [0.3, 0.4) is 0 Å². The number of nitrogens with two attached hydrogens (primary N) is 1. The van der Waals surface area contributed by atoms with Crippen LogP contribution in [0.15, 0.2) is 23.8 Å². The first-order valence-electron chi connectivity index (χ1n) is 5.16. The molecule has 17 heavy (non-hydrogen) atoms. The van der Waals surface area contributed by atoms with Gasteiger partial charge in [-0.1, -0.05) is 0 Å². The Kier molecular flexibility index (Phi) is 2.87. The molecule has 0 saturated carbocycles. The minimum atomic E-state index is -4.34. The smallest absolute Gasteiger partial charge is 0.416 e. The van der Waals surface area contributed by atoms with Crippen molar-refractivity contribution in [1.29, 1.82) is 0 Å². The van der Waals surface area contributed by atoms with Gasteiger partial charge in [0.2, 0.25) is 0 Å². The second-order valence-corrected chi connectivity index (χ2v) is 3.93. The monoisotopic (exact) mass is 243 g/mol. The number of ether oxygens (including phenoxy) is 1. The van der Waals surface area contributed by atoms with Crippen LogP contribution < -0.4 is 10.5 Å². The maximum absolute atomic E-state index is 12.6. The Balaban J connectivity index is 2.53. The number of alkyl halides is 3. The quantitative estimate of drug-likeness (QED) is 0.823. The van der Waals surface area contributed by atoms with Crippen molar-refractivity contribution >= 4 is 5.57 Å². The summed E-state index contributed by atoms with van der Waals surface area (Å²) in [6, 6.07) is 3.49. The Bertz CT molecular complexity index is 477. The van der Waals surface area contributed by atoms with Crippen LogP contribution in [-0.2, 0) is 6.18 Å². The van der Waals surface area contributed by atoms with Crippen LogP contribution in [0.5, 0.6) is 5.75 Å². The summed E-state index contributed by atoms with van der Waals surface area (Å²) in [4.78, 5) is 0. The van der Waals surface area contributed by atoms with Crippen LogP contribution >= 0.6 is 0 Å². The topological polar surface area (TPSA) is 35.2 Å². The van der Waals surface area contributed by atoms with Gasteiger partial charge in [-0.05, 0) is 36.3 Å². The molecule has 0 unspecified atom stereocenters. The van der Waals surface area contributed by atoms with Gasteiger partial charge in [-0.15, -0.1) is 0 Å². The van der Waals surface area contributed by atoms with Crippen molar-refractivity contribution < 1.29 is 17.9 Å². The van der Waals surface area contributed by atoms with Gasteiger partial charge in [0, 0.05) is 12.1 Å². The molecular weight excluding hydrogens is 231 g/mol. The average Bonchev–Trinajstić information content (AvgIpc) is 2.28. The zero-order chi connectivity index (χ0) is 12.6. The van der Waals surface area contributed by atoms with Gasteiger partial charge < -0.3 is 10.5 Å². The summed E-state index contributed by atoms with van der Waals surface area (Å²) < 4.78 is 43.1. The normalized spacial score (nSPS) is 15.6. The van der Waals surface area contributed by atoms with E-state index in [1.807, 2.05) is 0 Å². The Labute approximate surface area is 96.9 Å². The van der Waals surface area contributed by atoms with E-state index < -0.39 is 11.7 Å². The van der Waals surface area contributed by atoms with E-state index in [0.29, 0.717) is 24.5 Å². The predicted molar refractivity (Wildman–Crippen MR) is 58.6 cm³/mol. The van der Waals surface area contributed by atoms with Gasteiger partial charge in [-0.25, -0.2) is 0 Å². The first-order valence-corrected chi connectivity index (χ1v) is 5.16. The van der Waals surface area contributed by atoms with Crippen LogP contribution in [0.25, 0.3) is 5.57 Å². The summed E-state index contributed by atoms with van der Waals surface area (Å²) in [6.45, 7) is 2.41. The molecule has 1 aromatic rings. The fourth-order valence-electron chi connectivity index (χ4n) is 1.80. The van der Waals surface area contributed by atoms with Gasteiger partial charge >= 0.3 is 6.18 Å². The highest BCUT2D eigenvalue weighted by Crippen LogP contribution is 2.37. The Morgan fingerprint density at radius 3 is 2.65 bits per heavy atom. The molecule has 0 radical (unpaired) electrons. The standard InChI is InChI=1S/C12H12F3NO/c1-7-8(5-16)6-17-11-3-2-9(4-10(7)11)12(13,14)15/h2-4H,5-6,16H2,1H3. The van der Waals surface area contributed by atoms with Crippen LogP contribution in [-0.4, -0.2) is 13.2 Å². The van der Waals surface area contributed by atoms with Crippen LogP contribution in [0.1, 0.15) is 18.1 Å². The molecule has 1 aliphatic heterocycles. The first-order chi connectivity index (χ1) is 7.93. The Morgan fingerprint density at radius 1 is 1.35 bits per heavy atom. The Hall–Kier alpha value is -1.49. The van der Waals surface area contributed by atoms with Crippen molar-refractivity contribution in [2.24, 2.45) is 5.73 Å². The van der Waals surface area contributed by atoms with Gasteiger partial charge in [0.15, 0.2) is 0 Å². The molecule has 1 heterocycles. The molecule has 1 aromatic carbocycles. The molecule has 2 N–H and O–H groups in total. The molecule has 2 nitrogen and oxygen atoms in total. The van der Waals surface area contributed by atoms with Gasteiger partial charge in [0.25, 0.3) is 0 Å². The summed E-state index contributed by atoms with van der Waals surface area (Å²) in [5.74, 6) is 0.479. The molecule has 0 bridgehead atoms. The van der Waals surface area contributed by atoms with Gasteiger partial charge in [-0.2, -0.15) is 13.2 Å². The second kappa shape index (κ2) is 4.07. The molecule has 0 aromatic heterocycles.